The van der Waals surface area contributed by atoms with Crippen LogP contribution in [-0.2, 0) is 6.54 Å². The van der Waals surface area contributed by atoms with Crippen LogP contribution in [0.3, 0.4) is 0 Å². The highest BCUT2D eigenvalue weighted by Gasteiger charge is 2.03. The van der Waals surface area contributed by atoms with Crippen LogP contribution in [0.1, 0.15) is 5.56 Å². The summed E-state index contributed by atoms with van der Waals surface area (Å²) in [7, 11) is 9.74. The minimum absolute atomic E-state index is 0.586. The molecule has 0 unspecified atom stereocenters. The molecular weight excluding hydrogens is 248 g/mol. The van der Waals surface area contributed by atoms with Crippen LogP contribution in [0.2, 0.25) is 5.02 Å². The van der Waals surface area contributed by atoms with Gasteiger partial charge < -0.3 is 4.90 Å². The van der Waals surface area contributed by atoms with E-state index in [2.05, 4.69) is 20.8 Å². The van der Waals surface area contributed by atoms with Gasteiger partial charge in [-0.25, -0.2) is 0 Å². The zero-order chi connectivity index (χ0) is 10.0. The van der Waals surface area contributed by atoms with Crippen LogP contribution >= 0.6 is 27.5 Å². The van der Waals surface area contributed by atoms with Crippen LogP contribution in [-0.4, -0.2) is 26.8 Å². The van der Waals surface area contributed by atoms with Gasteiger partial charge in [-0.1, -0.05) is 23.1 Å². The Morgan fingerprint density at radius 2 is 2.08 bits per heavy atom. The summed E-state index contributed by atoms with van der Waals surface area (Å²) in [5, 5.41) is 0.586. The monoisotopic (exact) mass is 257 g/mol. The Hall–Kier alpha value is 0.0149. The Kier molecular flexibility index (Phi) is 3.83. The molecule has 0 aromatic heterocycles. The summed E-state index contributed by atoms with van der Waals surface area (Å²) < 4.78 is 0.853. The number of hydrogen-bond acceptors (Lipinski definition) is 1. The molecular formula is C9H10BBrClN. The molecule has 0 aliphatic heterocycles. The van der Waals surface area contributed by atoms with E-state index >= 15 is 0 Å². The van der Waals surface area contributed by atoms with E-state index < -0.39 is 0 Å². The summed E-state index contributed by atoms with van der Waals surface area (Å²) in [6, 6.07) is 3.88. The van der Waals surface area contributed by atoms with E-state index in [1.54, 1.807) is 0 Å². The average Bonchev–Trinajstić information content (AvgIpc) is 1.98. The number of benzene rings is 1. The smallest absolute Gasteiger partial charge is 0.115 e. The van der Waals surface area contributed by atoms with E-state index in [1.165, 1.54) is 0 Å². The molecule has 1 aromatic rings. The maximum Gasteiger partial charge on any atom is 0.115 e. The van der Waals surface area contributed by atoms with Crippen molar-refractivity contribution in [2.75, 3.05) is 14.1 Å². The van der Waals surface area contributed by atoms with Crippen LogP contribution in [0.5, 0.6) is 0 Å². The third-order valence-corrected chi connectivity index (χ3v) is 2.89. The molecule has 1 nitrogen and oxygen atoms in total. The third-order valence-electron chi connectivity index (χ3n) is 1.61. The van der Waals surface area contributed by atoms with Crippen molar-refractivity contribution in [1.29, 1.82) is 0 Å². The van der Waals surface area contributed by atoms with Crippen LogP contribution in [0, 0.1) is 0 Å². The maximum atomic E-state index is 5.90. The average molecular weight is 258 g/mol. The zero-order valence-corrected chi connectivity index (χ0v) is 9.98. The van der Waals surface area contributed by atoms with E-state index in [1.807, 2.05) is 26.2 Å². The van der Waals surface area contributed by atoms with Crippen molar-refractivity contribution in [2.24, 2.45) is 0 Å². The first-order valence-corrected chi connectivity index (χ1v) is 5.06. The second kappa shape index (κ2) is 4.49. The molecule has 0 amide bonds. The molecule has 13 heavy (non-hydrogen) atoms. The first kappa shape index (κ1) is 11.1. The largest absolute Gasteiger partial charge is 0.305 e. The molecule has 68 valence electrons. The highest BCUT2D eigenvalue weighted by Crippen LogP contribution is 2.21. The van der Waals surface area contributed by atoms with Crippen molar-refractivity contribution in [3.63, 3.8) is 0 Å². The summed E-state index contributed by atoms with van der Waals surface area (Å²) in [5.74, 6) is 0. The predicted octanol–water partition coefficient (Wildman–Crippen LogP) is 1.96. The van der Waals surface area contributed by atoms with Gasteiger partial charge in [-0.05, 0) is 41.7 Å². The second-order valence-corrected chi connectivity index (χ2v) is 4.45. The molecule has 4 heteroatoms. The van der Waals surface area contributed by atoms with Gasteiger partial charge in [0.25, 0.3) is 0 Å². The van der Waals surface area contributed by atoms with E-state index in [0.717, 1.165) is 16.6 Å². The topological polar surface area (TPSA) is 3.24 Å². The third kappa shape index (κ3) is 3.01. The van der Waals surface area contributed by atoms with Crippen molar-refractivity contribution >= 4 is 40.8 Å². The van der Waals surface area contributed by atoms with Crippen LogP contribution < -0.4 is 5.46 Å². The van der Waals surface area contributed by atoms with Crippen LogP contribution in [0.4, 0.5) is 0 Å². The van der Waals surface area contributed by atoms with Gasteiger partial charge in [0.15, 0.2) is 0 Å². The Labute approximate surface area is 93.6 Å². The van der Waals surface area contributed by atoms with Crippen LogP contribution in [0.15, 0.2) is 16.6 Å². The zero-order valence-electron chi connectivity index (χ0n) is 7.64. The molecule has 0 bridgehead atoms. The van der Waals surface area contributed by atoms with Gasteiger partial charge >= 0.3 is 0 Å². The van der Waals surface area contributed by atoms with Crippen molar-refractivity contribution in [2.45, 2.75) is 6.54 Å². The Morgan fingerprint density at radius 3 is 2.54 bits per heavy atom. The van der Waals surface area contributed by atoms with Gasteiger partial charge in [-0.2, -0.15) is 0 Å². The molecule has 0 heterocycles. The first-order valence-electron chi connectivity index (χ1n) is 3.89. The number of hydrogen-bond donors (Lipinski definition) is 0. The SMILES string of the molecule is [B]c1cc(CN(C)C)cc(Br)c1Cl. The van der Waals surface area contributed by atoms with Crippen molar-refractivity contribution < 1.29 is 0 Å². The lowest BCUT2D eigenvalue weighted by Gasteiger charge is -2.11. The minimum atomic E-state index is 0.586. The summed E-state index contributed by atoms with van der Waals surface area (Å²) >= 11 is 9.26. The maximum absolute atomic E-state index is 5.90. The minimum Gasteiger partial charge on any atom is -0.305 e. The Balaban J connectivity index is 2.99. The van der Waals surface area contributed by atoms with Gasteiger partial charge in [0.1, 0.15) is 7.85 Å². The van der Waals surface area contributed by atoms with Crippen molar-refractivity contribution in [3.05, 3.63) is 27.2 Å². The molecule has 0 fully saturated rings. The first-order chi connectivity index (χ1) is 6.00. The molecule has 0 saturated carbocycles. The van der Waals surface area contributed by atoms with Crippen molar-refractivity contribution in [1.82, 2.24) is 4.90 Å². The summed E-state index contributed by atoms with van der Waals surface area (Å²) in [5.41, 5.74) is 1.77. The van der Waals surface area contributed by atoms with E-state index in [9.17, 15) is 0 Å². The van der Waals surface area contributed by atoms with Gasteiger partial charge in [-0.3, -0.25) is 0 Å². The predicted molar refractivity (Wildman–Crippen MR) is 61.9 cm³/mol. The molecule has 0 aliphatic carbocycles. The molecule has 0 aliphatic rings. The molecule has 0 saturated heterocycles. The second-order valence-electron chi connectivity index (χ2n) is 3.22. The highest BCUT2D eigenvalue weighted by molar-refractivity contribution is 9.10. The normalized spacial score (nSPS) is 10.8. The lowest BCUT2D eigenvalue weighted by molar-refractivity contribution is 0.402. The molecule has 1 aromatic carbocycles. The Bertz CT molecular complexity index is 291. The van der Waals surface area contributed by atoms with E-state index in [0.29, 0.717) is 10.5 Å². The molecule has 2 radical (unpaired) electrons. The summed E-state index contributed by atoms with van der Waals surface area (Å²) in [6.45, 7) is 0.861. The fourth-order valence-corrected chi connectivity index (χ4v) is 1.76. The highest BCUT2D eigenvalue weighted by atomic mass is 79.9. The fourth-order valence-electron chi connectivity index (χ4n) is 1.13. The molecule has 0 atom stereocenters. The van der Waals surface area contributed by atoms with E-state index in [-0.39, 0.29) is 0 Å². The van der Waals surface area contributed by atoms with Gasteiger partial charge in [-0.15, -0.1) is 0 Å². The molecule has 0 spiro atoms. The number of nitrogens with zero attached hydrogens (tertiary/aromatic N) is 1. The lowest BCUT2D eigenvalue weighted by Crippen LogP contribution is -2.14. The number of halogens is 2. The summed E-state index contributed by atoms with van der Waals surface area (Å²) in [6.07, 6.45) is 0. The van der Waals surface area contributed by atoms with Gasteiger partial charge in [0.2, 0.25) is 0 Å². The quantitative estimate of drug-likeness (QED) is 0.733. The molecule has 0 N–H and O–H groups in total. The van der Waals surface area contributed by atoms with Gasteiger partial charge in [0, 0.05) is 16.0 Å². The van der Waals surface area contributed by atoms with Gasteiger partial charge in [0.05, 0.1) is 0 Å². The van der Waals surface area contributed by atoms with Crippen LogP contribution in [0.25, 0.3) is 0 Å². The standard InChI is InChI=1S/C9H10BBrClN/c1-13(2)5-6-3-7(10)9(12)8(11)4-6/h3-4H,5H2,1-2H3. The van der Waals surface area contributed by atoms with Crippen molar-refractivity contribution in [3.8, 4) is 0 Å². The lowest BCUT2D eigenvalue weighted by atomic mass is 9.94. The Morgan fingerprint density at radius 1 is 1.46 bits per heavy atom. The fraction of sp³-hybridized carbons (Fsp3) is 0.333. The summed E-state index contributed by atoms with van der Waals surface area (Å²) in [4.78, 5) is 2.08. The number of rotatable bonds is 2. The molecule has 1 rings (SSSR count). The van der Waals surface area contributed by atoms with E-state index in [4.69, 9.17) is 19.4 Å².